The molecule has 1 aliphatic heterocycles. The lowest BCUT2D eigenvalue weighted by atomic mass is 9.96. The van der Waals surface area contributed by atoms with Gasteiger partial charge in [0.15, 0.2) is 0 Å². The average Bonchev–Trinajstić information content (AvgIpc) is 3.24. The summed E-state index contributed by atoms with van der Waals surface area (Å²) < 4.78 is 18.8. The van der Waals surface area contributed by atoms with Crippen molar-refractivity contribution in [2.75, 3.05) is 18.4 Å². The molecule has 0 radical (unpaired) electrons. The minimum atomic E-state index is -0.332. The molecule has 31 heavy (non-hydrogen) atoms. The molecule has 2 heterocycles. The highest BCUT2D eigenvalue weighted by molar-refractivity contribution is 5.88. The molecule has 1 N–H and O–H groups in total. The van der Waals surface area contributed by atoms with E-state index >= 15 is 0 Å². The van der Waals surface area contributed by atoms with Gasteiger partial charge in [0.2, 0.25) is 23.5 Å². The van der Waals surface area contributed by atoms with Crippen molar-refractivity contribution in [2.45, 2.75) is 32.1 Å². The summed E-state index contributed by atoms with van der Waals surface area (Å²) in [7, 11) is 0. The van der Waals surface area contributed by atoms with E-state index in [4.69, 9.17) is 4.52 Å². The fourth-order valence-corrected chi connectivity index (χ4v) is 3.73. The predicted molar refractivity (Wildman–Crippen MR) is 113 cm³/mol. The molecule has 1 aliphatic rings. The summed E-state index contributed by atoms with van der Waals surface area (Å²) in [6, 6.07) is 13.4. The van der Waals surface area contributed by atoms with E-state index in [2.05, 4.69) is 15.5 Å². The number of nitrogens with zero attached hydrogens (tertiary/aromatic N) is 3. The smallest absolute Gasteiger partial charge is 0.230 e. The first kappa shape index (κ1) is 20.7. The Bertz CT molecular complexity index is 1070. The Morgan fingerprint density at radius 1 is 1.16 bits per heavy atom. The zero-order chi connectivity index (χ0) is 21.8. The monoisotopic (exact) mass is 422 g/mol. The predicted octanol–water partition coefficient (Wildman–Crippen LogP) is 3.78. The molecule has 0 aliphatic carbocycles. The van der Waals surface area contributed by atoms with Crippen LogP contribution in [0.3, 0.4) is 0 Å². The second-order valence-electron chi connectivity index (χ2n) is 7.68. The van der Waals surface area contributed by atoms with Gasteiger partial charge in [-0.1, -0.05) is 17.3 Å². The van der Waals surface area contributed by atoms with E-state index in [1.807, 2.05) is 12.1 Å². The van der Waals surface area contributed by atoms with E-state index in [9.17, 15) is 14.0 Å². The highest BCUT2D eigenvalue weighted by Gasteiger charge is 2.27. The molecular weight excluding hydrogens is 399 g/mol. The van der Waals surface area contributed by atoms with E-state index in [1.165, 1.54) is 19.1 Å². The summed E-state index contributed by atoms with van der Waals surface area (Å²) in [5.41, 5.74) is 2.18. The minimum Gasteiger partial charge on any atom is -0.342 e. The summed E-state index contributed by atoms with van der Waals surface area (Å²) in [5.74, 6) is 0.691. The van der Waals surface area contributed by atoms with Gasteiger partial charge in [0.1, 0.15) is 5.82 Å². The number of halogens is 1. The van der Waals surface area contributed by atoms with Crippen LogP contribution in [0.5, 0.6) is 0 Å². The van der Waals surface area contributed by atoms with Gasteiger partial charge in [0.05, 0.1) is 6.42 Å². The largest absolute Gasteiger partial charge is 0.342 e. The van der Waals surface area contributed by atoms with Crippen LogP contribution in [-0.2, 0) is 16.0 Å². The Hall–Kier alpha value is -3.55. The van der Waals surface area contributed by atoms with Crippen molar-refractivity contribution in [1.82, 2.24) is 15.0 Å². The Labute approximate surface area is 179 Å². The van der Waals surface area contributed by atoms with Crippen LogP contribution in [0, 0.1) is 5.82 Å². The highest BCUT2D eigenvalue weighted by atomic mass is 19.1. The number of likely N-dealkylation sites (tertiary alicyclic amines) is 1. The number of carbonyl (C=O) groups is 2. The van der Waals surface area contributed by atoms with E-state index in [1.54, 1.807) is 29.2 Å². The molecule has 0 spiro atoms. The Balaban J connectivity index is 1.33. The third kappa shape index (κ3) is 5.14. The van der Waals surface area contributed by atoms with E-state index in [-0.39, 0.29) is 30.0 Å². The maximum Gasteiger partial charge on any atom is 0.230 e. The number of aromatic nitrogens is 2. The van der Waals surface area contributed by atoms with Gasteiger partial charge in [-0.15, -0.1) is 0 Å². The average molecular weight is 422 g/mol. The van der Waals surface area contributed by atoms with Gasteiger partial charge in [-0.3, -0.25) is 9.59 Å². The van der Waals surface area contributed by atoms with Crippen molar-refractivity contribution >= 4 is 17.5 Å². The molecule has 0 bridgehead atoms. The van der Waals surface area contributed by atoms with Crippen molar-refractivity contribution in [1.29, 1.82) is 0 Å². The van der Waals surface area contributed by atoms with E-state index in [0.717, 1.165) is 18.4 Å². The van der Waals surface area contributed by atoms with E-state index < -0.39 is 0 Å². The summed E-state index contributed by atoms with van der Waals surface area (Å²) in [4.78, 5) is 30.0. The summed E-state index contributed by atoms with van der Waals surface area (Å²) >= 11 is 0. The molecular formula is C23H23FN4O3. The minimum absolute atomic E-state index is 0.00507. The Morgan fingerprint density at radius 2 is 1.90 bits per heavy atom. The van der Waals surface area contributed by atoms with Gasteiger partial charge in [0.25, 0.3) is 0 Å². The molecule has 0 atom stereocenters. The lowest BCUT2D eigenvalue weighted by Gasteiger charge is -2.30. The van der Waals surface area contributed by atoms with Crippen LogP contribution in [0.4, 0.5) is 10.1 Å². The number of nitrogens with one attached hydrogen (secondary N) is 1. The molecule has 1 fully saturated rings. The number of carbonyl (C=O) groups excluding carboxylic acids is 2. The normalized spacial score (nSPS) is 14.5. The fourth-order valence-electron chi connectivity index (χ4n) is 3.73. The first-order valence-corrected chi connectivity index (χ1v) is 10.2. The number of hydrogen-bond donors (Lipinski definition) is 1. The fraction of sp³-hybridized carbons (Fsp3) is 0.304. The van der Waals surface area contributed by atoms with Gasteiger partial charge in [-0.25, -0.2) is 4.39 Å². The zero-order valence-corrected chi connectivity index (χ0v) is 17.2. The van der Waals surface area contributed by atoms with Gasteiger partial charge >= 0.3 is 0 Å². The lowest BCUT2D eigenvalue weighted by molar-refractivity contribution is -0.131. The molecule has 3 aromatic rings. The molecule has 160 valence electrons. The van der Waals surface area contributed by atoms with Gasteiger partial charge < -0.3 is 14.7 Å². The molecule has 0 unspecified atom stereocenters. The van der Waals surface area contributed by atoms with Gasteiger partial charge in [0, 0.05) is 37.2 Å². The van der Waals surface area contributed by atoms with Crippen LogP contribution in [0.2, 0.25) is 0 Å². The molecule has 2 amide bonds. The standard InChI is InChI=1S/C23H23FN4O3/c1-15(29)25-20-7-5-17(6-8-20)22-26-23(31-27-22)18-9-11-28(12-10-18)21(30)14-16-3-2-4-19(24)13-16/h2-8,13,18H,9-12,14H2,1H3,(H,25,29). The summed E-state index contributed by atoms with van der Waals surface area (Å²) in [6.07, 6.45) is 1.66. The molecule has 4 rings (SSSR count). The first-order chi connectivity index (χ1) is 15.0. The van der Waals surface area contributed by atoms with E-state index in [0.29, 0.717) is 36.1 Å². The second kappa shape index (κ2) is 9.07. The van der Waals surface area contributed by atoms with Crippen LogP contribution < -0.4 is 5.32 Å². The number of hydrogen-bond acceptors (Lipinski definition) is 5. The Morgan fingerprint density at radius 3 is 2.58 bits per heavy atom. The quantitative estimate of drug-likeness (QED) is 0.676. The third-order valence-electron chi connectivity index (χ3n) is 5.35. The van der Waals surface area contributed by atoms with Crippen LogP contribution in [-0.4, -0.2) is 39.9 Å². The van der Waals surface area contributed by atoms with Crippen molar-refractivity contribution < 1.29 is 18.5 Å². The van der Waals surface area contributed by atoms with Gasteiger partial charge in [-0.05, 0) is 54.8 Å². The summed E-state index contributed by atoms with van der Waals surface area (Å²) in [5, 5.41) is 6.80. The van der Waals surface area contributed by atoms with Crippen LogP contribution in [0.25, 0.3) is 11.4 Å². The molecule has 1 saturated heterocycles. The van der Waals surface area contributed by atoms with Crippen molar-refractivity contribution in [2.24, 2.45) is 0 Å². The van der Waals surface area contributed by atoms with Crippen LogP contribution >= 0.6 is 0 Å². The maximum absolute atomic E-state index is 13.3. The summed E-state index contributed by atoms with van der Waals surface area (Å²) in [6.45, 7) is 2.66. The third-order valence-corrected chi connectivity index (χ3v) is 5.35. The second-order valence-corrected chi connectivity index (χ2v) is 7.68. The van der Waals surface area contributed by atoms with Crippen molar-refractivity contribution in [3.63, 3.8) is 0 Å². The first-order valence-electron chi connectivity index (χ1n) is 10.2. The zero-order valence-electron chi connectivity index (χ0n) is 17.2. The number of benzene rings is 2. The molecule has 7 nitrogen and oxygen atoms in total. The molecule has 8 heteroatoms. The van der Waals surface area contributed by atoms with Crippen molar-refractivity contribution in [3.05, 3.63) is 65.8 Å². The number of piperidine rings is 1. The highest BCUT2D eigenvalue weighted by Crippen LogP contribution is 2.29. The van der Waals surface area contributed by atoms with Gasteiger partial charge in [-0.2, -0.15) is 4.98 Å². The maximum atomic E-state index is 13.3. The van der Waals surface area contributed by atoms with Crippen LogP contribution in [0.1, 0.15) is 37.1 Å². The molecule has 1 aromatic heterocycles. The molecule has 0 saturated carbocycles. The topological polar surface area (TPSA) is 88.3 Å². The lowest BCUT2D eigenvalue weighted by Crippen LogP contribution is -2.38. The Kier molecular flexibility index (Phi) is 6.06. The SMILES string of the molecule is CC(=O)Nc1ccc(-c2noc(C3CCN(C(=O)Cc4cccc(F)c4)CC3)n2)cc1. The molecule has 2 aromatic carbocycles. The van der Waals surface area contributed by atoms with Crippen LogP contribution in [0.15, 0.2) is 53.1 Å². The van der Waals surface area contributed by atoms with Crippen molar-refractivity contribution in [3.8, 4) is 11.4 Å². The number of rotatable bonds is 5. The number of amides is 2. The number of anilines is 1.